The number of nitrogens with one attached hydrogen (secondary N) is 2. The highest BCUT2D eigenvalue weighted by Gasteiger charge is 2.33. The Bertz CT molecular complexity index is 1160. The summed E-state index contributed by atoms with van der Waals surface area (Å²) in [6, 6.07) is 13.6. The van der Waals surface area contributed by atoms with Crippen LogP contribution in [0.4, 0.5) is 5.82 Å². The van der Waals surface area contributed by atoms with E-state index in [1.807, 2.05) is 24.3 Å². The van der Waals surface area contributed by atoms with Gasteiger partial charge in [-0.05, 0) is 48.6 Å². The summed E-state index contributed by atoms with van der Waals surface area (Å²) in [6.07, 6.45) is 2.19. The first kappa shape index (κ1) is 22.6. The summed E-state index contributed by atoms with van der Waals surface area (Å²) in [7, 11) is 0. The Morgan fingerprint density at radius 3 is 2.50 bits per heavy atom. The van der Waals surface area contributed by atoms with E-state index in [9.17, 15) is 4.79 Å². The van der Waals surface area contributed by atoms with Crippen molar-refractivity contribution in [3.63, 3.8) is 0 Å². The van der Waals surface area contributed by atoms with E-state index in [-0.39, 0.29) is 18.0 Å². The standard InChI is InChI=1S/C25H26Cl2N4O/c1-4-20-24(18-11-10-16(26)13-19(18)27)29-21(5-2)25(30-20)31-23-17-9-7-6-8-15(17)12-22(23)28-14(3)32/h6-11,13,22-23H,4-5,12H2,1-3H3,(H,28,32)(H,30,31)/t22-,23+/m0/s1. The number of fused-ring (bicyclic) bond motifs is 1. The van der Waals surface area contributed by atoms with Gasteiger partial charge in [0.05, 0.1) is 34.2 Å². The lowest BCUT2D eigenvalue weighted by Gasteiger charge is -2.25. The van der Waals surface area contributed by atoms with Gasteiger partial charge in [0.1, 0.15) is 5.82 Å². The normalized spacial score (nSPS) is 17.2. The van der Waals surface area contributed by atoms with Crippen LogP contribution in [0, 0.1) is 0 Å². The van der Waals surface area contributed by atoms with Gasteiger partial charge >= 0.3 is 0 Å². The molecule has 2 aromatic carbocycles. The van der Waals surface area contributed by atoms with E-state index in [0.717, 1.165) is 34.9 Å². The molecule has 7 heteroatoms. The Morgan fingerprint density at radius 2 is 1.81 bits per heavy atom. The second-order valence-corrected chi connectivity index (χ2v) is 8.82. The van der Waals surface area contributed by atoms with E-state index >= 15 is 0 Å². The van der Waals surface area contributed by atoms with Crippen molar-refractivity contribution in [1.82, 2.24) is 15.3 Å². The average Bonchev–Trinajstić information content (AvgIpc) is 3.10. The van der Waals surface area contributed by atoms with Crippen LogP contribution in [0.1, 0.15) is 49.3 Å². The van der Waals surface area contributed by atoms with Crippen LogP contribution in [-0.4, -0.2) is 21.9 Å². The summed E-state index contributed by atoms with van der Waals surface area (Å²) in [5.41, 5.74) is 5.73. The maximum atomic E-state index is 11.8. The van der Waals surface area contributed by atoms with Crippen LogP contribution in [0.2, 0.25) is 10.0 Å². The Hall–Kier alpha value is -2.63. The number of benzene rings is 2. The van der Waals surface area contributed by atoms with E-state index < -0.39 is 0 Å². The number of halogens is 2. The molecular weight excluding hydrogens is 443 g/mol. The van der Waals surface area contributed by atoms with Gasteiger partial charge in [-0.15, -0.1) is 0 Å². The van der Waals surface area contributed by atoms with Gasteiger partial charge in [0.25, 0.3) is 0 Å². The Labute approximate surface area is 198 Å². The molecule has 0 unspecified atom stereocenters. The molecule has 166 valence electrons. The molecule has 2 atom stereocenters. The number of amides is 1. The number of carbonyl (C=O) groups excluding carboxylic acids is 1. The molecule has 0 spiro atoms. The third-order valence-electron chi connectivity index (χ3n) is 5.81. The van der Waals surface area contributed by atoms with Crippen molar-refractivity contribution >= 4 is 34.9 Å². The van der Waals surface area contributed by atoms with E-state index in [1.165, 1.54) is 11.1 Å². The van der Waals surface area contributed by atoms with E-state index in [2.05, 4.69) is 36.6 Å². The van der Waals surface area contributed by atoms with Crippen LogP contribution in [0.25, 0.3) is 11.3 Å². The van der Waals surface area contributed by atoms with Crippen molar-refractivity contribution in [2.75, 3.05) is 5.32 Å². The van der Waals surface area contributed by atoms with Crippen LogP contribution >= 0.6 is 23.2 Å². The summed E-state index contributed by atoms with van der Waals surface area (Å²) >= 11 is 12.6. The van der Waals surface area contributed by atoms with E-state index in [1.54, 1.807) is 13.0 Å². The molecule has 0 aliphatic heterocycles. The van der Waals surface area contributed by atoms with Crippen molar-refractivity contribution < 1.29 is 4.79 Å². The number of hydrogen-bond acceptors (Lipinski definition) is 4. The number of nitrogens with zero attached hydrogens (tertiary/aromatic N) is 2. The van der Waals surface area contributed by atoms with Crippen molar-refractivity contribution in [3.8, 4) is 11.3 Å². The Balaban J connectivity index is 1.75. The van der Waals surface area contributed by atoms with Gasteiger partial charge in [-0.2, -0.15) is 0 Å². The molecule has 3 aromatic rings. The summed E-state index contributed by atoms with van der Waals surface area (Å²) in [5, 5.41) is 7.84. The van der Waals surface area contributed by atoms with Gasteiger partial charge in [-0.25, -0.2) is 9.97 Å². The molecule has 0 radical (unpaired) electrons. The monoisotopic (exact) mass is 468 g/mol. The fraction of sp³-hybridized carbons (Fsp3) is 0.320. The molecule has 0 fully saturated rings. The smallest absolute Gasteiger partial charge is 0.217 e. The lowest BCUT2D eigenvalue weighted by molar-refractivity contribution is -0.119. The lowest BCUT2D eigenvalue weighted by atomic mass is 10.1. The Morgan fingerprint density at radius 1 is 1.06 bits per heavy atom. The summed E-state index contributed by atoms with van der Waals surface area (Å²) in [6.45, 7) is 5.66. The van der Waals surface area contributed by atoms with E-state index in [0.29, 0.717) is 22.9 Å². The first-order chi connectivity index (χ1) is 15.4. The molecule has 1 amide bonds. The molecule has 32 heavy (non-hydrogen) atoms. The fourth-order valence-corrected chi connectivity index (χ4v) is 4.82. The highest BCUT2D eigenvalue weighted by atomic mass is 35.5. The molecule has 1 aromatic heterocycles. The Kier molecular flexibility index (Phi) is 6.68. The summed E-state index contributed by atoms with van der Waals surface area (Å²) in [5.74, 6) is 0.702. The van der Waals surface area contributed by atoms with Crippen LogP contribution in [0.15, 0.2) is 42.5 Å². The third-order valence-corrected chi connectivity index (χ3v) is 6.36. The minimum atomic E-state index is -0.0793. The average molecular weight is 469 g/mol. The highest BCUT2D eigenvalue weighted by Crippen LogP contribution is 2.36. The van der Waals surface area contributed by atoms with Gasteiger partial charge in [-0.1, -0.05) is 61.3 Å². The molecule has 4 rings (SSSR count). The summed E-state index contributed by atoms with van der Waals surface area (Å²) < 4.78 is 0. The fourth-order valence-electron chi connectivity index (χ4n) is 4.33. The van der Waals surface area contributed by atoms with Gasteiger partial charge < -0.3 is 10.6 Å². The number of carbonyl (C=O) groups is 1. The molecule has 2 N–H and O–H groups in total. The van der Waals surface area contributed by atoms with E-state index in [4.69, 9.17) is 33.2 Å². The van der Waals surface area contributed by atoms with Gasteiger partial charge in [0.15, 0.2) is 0 Å². The number of rotatable bonds is 6. The predicted octanol–water partition coefficient (Wildman–Crippen LogP) is 5.79. The molecule has 1 heterocycles. The topological polar surface area (TPSA) is 66.9 Å². The zero-order valence-corrected chi connectivity index (χ0v) is 19.9. The molecule has 0 saturated heterocycles. The third kappa shape index (κ3) is 4.45. The number of aryl methyl sites for hydroxylation is 2. The number of aromatic nitrogens is 2. The van der Waals surface area contributed by atoms with Crippen LogP contribution < -0.4 is 10.6 Å². The minimum absolute atomic E-state index is 0.0432. The van der Waals surface area contributed by atoms with Crippen molar-refractivity contribution in [2.45, 2.75) is 52.1 Å². The summed E-state index contributed by atoms with van der Waals surface area (Å²) in [4.78, 5) is 21.8. The number of hydrogen-bond donors (Lipinski definition) is 2. The molecule has 5 nitrogen and oxygen atoms in total. The highest BCUT2D eigenvalue weighted by molar-refractivity contribution is 6.36. The maximum Gasteiger partial charge on any atom is 0.217 e. The zero-order valence-electron chi connectivity index (χ0n) is 18.4. The molecule has 0 saturated carbocycles. The van der Waals surface area contributed by atoms with Crippen molar-refractivity contribution in [1.29, 1.82) is 0 Å². The second kappa shape index (κ2) is 9.47. The van der Waals surface area contributed by atoms with Crippen LogP contribution in [0.3, 0.4) is 0 Å². The predicted molar refractivity (Wildman–Crippen MR) is 130 cm³/mol. The lowest BCUT2D eigenvalue weighted by Crippen LogP contribution is -2.39. The first-order valence-electron chi connectivity index (χ1n) is 10.9. The molecule has 0 bridgehead atoms. The molecular formula is C25H26Cl2N4O. The first-order valence-corrected chi connectivity index (χ1v) is 11.6. The van der Waals surface area contributed by atoms with Gasteiger partial charge in [0.2, 0.25) is 5.91 Å². The van der Waals surface area contributed by atoms with Crippen molar-refractivity contribution in [3.05, 3.63) is 75.0 Å². The molecule has 1 aliphatic rings. The molecule has 1 aliphatic carbocycles. The van der Waals surface area contributed by atoms with Gasteiger partial charge in [-0.3, -0.25) is 4.79 Å². The van der Waals surface area contributed by atoms with Crippen LogP contribution in [-0.2, 0) is 24.1 Å². The largest absolute Gasteiger partial charge is 0.360 e. The SMILES string of the molecule is CCc1nc(-c2ccc(Cl)cc2Cl)c(CC)nc1N[C@@H]1c2ccccc2C[C@@H]1NC(C)=O. The zero-order chi connectivity index (χ0) is 22.8. The minimum Gasteiger partial charge on any atom is -0.360 e. The van der Waals surface area contributed by atoms with Crippen molar-refractivity contribution in [2.24, 2.45) is 0 Å². The number of anilines is 1. The quantitative estimate of drug-likeness (QED) is 0.480. The van der Waals surface area contributed by atoms with Gasteiger partial charge in [0, 0.05) is 17.5 Å². The maximum absolute atomic E-state index is 11.8. The van der Waals surface area contributed by atoms with Crippen LogP contribution in [0.5, 0.6) is 0 Å². The second-order valence-electron chi connectivity index (χ2n) is 7.98.